The molecule has 1 aromatic rings. The van der Waals surface area contributed by atoms with E-state index in [1.165, 1.54) is 0 Å². The van der Waals surface area contributed by atoms with E-state index < -0.39 is 17.3 Å². The predicted octanol–water partition coefficient (Wildman–Crippen LogP) is 1.44. The van der Waals surface area contributed by atoms with Gasteiger partial charge in [0.15, 0.2) is 0 Å². The zero-order chi connectivity index (χ0) is 15.9. The number of fused-ring (bicyclic) bond motifs is 1. The number of anilines is 1. The summed E-state index contributed by atoms with van der Waals surface area (Å²) >= 11 is 0. The van der Waals surface area contributed by atoms with E-state index in [9.17, 15) is 19.5 Å². The van der Waals surface area contributed by atoms with Crippen molar-refractivity contribution >= 4 is 23.5 Å². The number of carbonyl (C=O) groups is 3. The van der Waals surface area contributed by atoms with Crippen LogP contribution in [-0.2, 0) is 14.4 Å². The molecule has 6 nitrogen and oxygen atoms in total. The molecule has 0 radical (unpaired) electrons. The van der Waals surface area contributed by atoms with Crippen LogP contribution in [0.1, 0.15) is 31.2 Å². The fraction of sp³-hybridized carbons (Fsp3) is 0.438. The number of para-hydroxylation sites is 1. The molecule has 0 aliphatic carbocycles. The number of nitrogens with zero attached hydrogens (tertiary/aromatic N) is 1. The van der Waals surface area contributed by atoms with Crippen molar-refractivity contribution in [2.45, 2.75) is 25.7 Å². The Labute approximate surface area is 128 Å². The number of amides is 2. The van der Waals surface area contributed by atoms with Crippen LogP contribution < -0.4 is 5.32 Å². The maximum atomic E-state index is 12.8. The lowest BCUT2D eigenvalue weighted by molar-refractivity contribution is -0.147. The Bertz CT molecular complexity index is 657. The molecular weight excluding hydrogens is 284 g/mol. The molecule has 3 rings (SSSR count). The van der Waals surface area contributed by atoms with Crippen molar-refractivity contribution in [2.75, 3.05) is 18.4 Å². The number of carbonyl (C=O) groups excluding carboxylic acids is 2. The van der Waals surface area contributed by atoms with Crippen molar-refractivity contribution in [2.24, 2.45) is 5.41 Å². The van der Waals surface area contributed by atoms with Gasteiger partial charge >= 0.3 is 5.97 Å². The summed E-state index contributed by atoms with van der Waals surface area (Å²) in [4.78, 5) is 37.5. The summed E-state index contributed by atoms with van der Waals surface area (Å²) in [6.07, 6.45) is 0.546. The lowest BCUT2D eigenvalue weighted by atomic mass is 9.88. The van der Waals surface area contributed by atoms with Gasteiger partial charge in [0.2, 0.25) is 11.8 Å². The quantitative estimate of drug-likeness (QED) is 0.865. The van der Waals surface area contributed by atoms with Gasteiger partial charge in [-0.3, -0.25) is 14.4 Å². The number of aliphatic carboxylic acids is 1. The average Bonchev–Trinajstić information content (AvgIpc) is 2.89. The number of rotatable bonds is 2. The minimum absolute atomic E-state index is 0.107. The second-order valence-electron chi connectivity index (χ2n) is 6.27. The van der Waals surface area contributed by atoms with Crippen molar-refractivity contribution in [3.63, 3.8) is 0 Å². The summed E-state index contributed by atoms with van der Waals surface area (Å²) < 4.78 is 0. The van der Waals surface area contributed by atoms with Crippen molar-refractivity contribution in [3.8, 4) is 0 Å². The number of nitrogens with one attached hydrogen (secondary N) is 1. The van der Waals surface area contributed by atoms with Gasteiger partial charge in [0.25, 0.3) is 0 Å². The lowest BCUT2D eigenvalue weighted by Crippen LogP contribution is -2.39. The molecule has 0 spiro atoms. The van der Waals surface area contributed by atoms with E-state index in [-0.39, 0.29) is 24.8 Å². The van der Waals surface area contributed by atoms with E-state index in [0.717, 1.165) is 5.56 Å². The summed E-state index contributed by atoms with van der Waals surface area (Å²) in [6.45, 7) is 2.27. The summed E-state index contributed by atoms with van der Waals surface area (Å²) in [7, 11) is 0. The van der Waals surface area contributed by atoms with Crippen molar-refractivity contribution in [3.05, 3.63) is 29.8 Å². The Kier molecular flexibility index (Phi) is 3.39. The maximum Gasteiger partial charge on any atom is 0.311 e. The van der Waals surface area contributed by atoms with Gasteiger partial charge in [-0.25, -0.2) is 0 Å². The van der Waals surface area contributed by atoms with Gasteiger partial charge in [0.05, 0.1) is 11.3 Å². The minimum Gasteiger partial charge on any atom is -0.481 e. The molecule has 2 N–H and O–H groups in total. The highest BCUT2D eigenvalue weighted by atomic mass is 16.4. The minimum atomic E-state index is -0.897. The van der Waals surface area contributed by atoms with E-state index in [2.05, 4.69) is 5.32 Å². The molecular formula is C16H18N2O4. The highest BCUT2D eigenvalue weighted by Gasteiger charge is 2.44. The second-order valence-corrected chi connectivity index (χ2v) is 6.27. The number of benzene rings is 1. The highest BCUT2D eigenvalue weighted by molar-refractivity contribution is 6.01. The Morgan fingerprint density at radius 2 is 2.09 bits per heavy atom. The molecule has 0 unspecified atom stereocenters. The normalized spacial score (nSPS) is 27.2. The first-order chi connectivity index (χ1) is 10.4. The number of carboxylic acid groups (broad SMARTS) is 1. The fourth-order valence-electron chi connectivity index (χ4n) is 3.18. The predicted molar refractivity (Wildman–Crippen MR) is 79.4 cm³/mol. The first-order valence-electron chi connectivity index (χ1n) is 7.32. The molecule has 2 atom stereocenters. The molecule has 0 bridgehead atoms. The number of hydrogen-bond donors (Lipinski definition) is 2. The van der Waals surface area contributed by atoms with Gasteiger partial charge in [-0.1, -0.05) is 18.2 Å². The molecule has 0 saturated carbocycles. The van der Waals surface area contributed by atoms with E-state index in [1.807, 2.05) is 18.2 Å². The standard InChI is InChI=1S/C16H18N2O4/c1-16(15(21)22)6-7-18(9-16)14(20)11-8-13(19)17-12-5-3-2-4-10(11)12/h2-5,11H,6-9H2,1H3,(H,17,19)(H,21,22)/t11-,16-/m0/s1. The molecule has 2 aliphatic heterocycles. The van der Waals surface area contributed by atoms with E-state index in [4.69, 9.17) is 0 Å². The van der Waals surface area contributed by atoms with Gasteiger partial charge in [-0.05, 0) is 25.0 Å². The SMILES string of the molecule is C[C@]1(C(=O)O)CCN(C(=O)[C@H]2CC(=O)Nc3ccccc32)C1. The van der Waals surface area contributed by atoms with Crippen LogP contribution >= 0.6 is 0 Å². The molecule has 0 aromatic heterocycles. The third-order valence-electron chi connectivity index (χ3n) is 4.60. The third kappa shape index (κ3) is 2.34. The third-order valence-corrected chi connectivity index (χ3v) is 4.60. The summed E-state index contributed by atoms with van der Waals surface area (Å²) in [5.74, 6) is -1.75. The highest BCUT2D eigenvalue weighted by Crippen LogP contribution is 2.37. The zero-order valence-electron chi connectivity index (χ0n) is 12.3. The van der Waals surface area contributed by atoms with Gasteiger partial charge < -0.3 is 15.3 Å². The molecule has 1 fully saturated rings. The van der Waals surface area contributed by atoms with Gasteiger partial charge in [-0.2, -0.15) is 0 Å². The number of likely N-dealkylation sites (tertiary alicyclic amines) is 1. The molecule has 1 aromatic carbocycles. The molecule has 2 heterocycles. The molecule has 22 heavy (non-hydrogen) atoms. The van der Waals surface area contributed by atoms with Crippen LogP contribution in [-0.4, -0.2) is 40.9 Å². The van der Waals surface area contributed by atoms with Crippen LogP contribution in [0.25, 0.3) is 0 Å². The summed E-state index contributed by atoms with van der Waals surface area (Å²) in [6, 6.07) is 7.26. The van der Waals surface area contributed by atoms with Gasteiger partial charge in [0, 0.05) is 25.2 Å². The van der Waals surface area contributed by atoms with E-state index in [0.29, 0.717) is 18.7 Å². The molecule has 2 aliphatic rings. The molecule has 2 amide bonds. The summed E-state index contributed by atoms with van der Waals surface area (Å²) in [5, 5.41) is 12.0. The van der Waals surface area contributed by atoms with Crippen molar-refractivity contribution in [1.29, 1.82) is 0 Å². The van der Waals surface area contributed by atoms with Crippen molar-refractivity contribution < 1.29 is 19.5 Å². The molecule has 1 saturated heterocycles. The van der Waals surface area contributed by atoms with Crippen LogP contribution in [0.5, 0.6) is 0 Å². The Morgan fingerprint density at radius 3 is 2.77 bits per heavy atom. The van der Waals surface area contributed by atoms with Gasteiger partial charge in [0.1, 0.15) is 0 Å². The van der Waals surface area contributed by atoms with Crippen LogP contribution in [0.2, 0.25) is 0 Å². The number of carboxylic acids is 1. The Morgan fingerprint density at radius 1 is 1.36 bits per heavy atom. The first-order valence-corrected chi connectivity index (χ1v) is 7.32. The molecule has 6 heteroatoms. The Hall–Kier alpha value is -2.37. The van der Waals surface area contributed by atoms with Crippen molar-refractivity contribution in [1.82, 2.24) is 4.90 Å². The number of hydrogen-bond acceptors (Lipinski definition) is 3. The monoisotopic (exact) mass is 302 g/mol. The second kappa shape index (κ2) is 5.12. The summed E-state index contributed by atoms with van der Waals surface area (Å²) in [5.41, 5.74) is 0.569. The maximum absolute atomic E-state index is 12.8. The van der Waals surface area contributed by atoms with Crippen LogP contribution in [0.4, 0.5) is 5.69 Å². The molecule has 116 valence electrons. The zero-order valence-corrected chi connectivity index (χ0v) is 12.3. The Balaban J connectivity index is 1.85. The van der Waals surface area contributed by atoms with Crippen LogP contribution in [0.15, 0.2) is 24.3 Å². The topological polar surface area (TPSA) is 86.7 Å². The first kappa shape index (κ1) is 14.6. The average molecular weight is 302 g/mol. The van der Waals surface area contributed by atoms with E-state index >= 15 is 0 Å². The van der Waals surface area contributed by atoms with Gasteiger partial charge in [-0.15, -0.1) is 0 Å². The smallest absolute Gasteiger partial charge is 0.311 e. The fourth-order valence-corrected chi connectivity index (χ4v) is 3.18. The lowest BCUT2D eigenvalue weighted by Gasteiger charge is -2.29. The largest absolute Gasteiger partial charge is 0.481 e. The van der Waals surface area contributed by atoms with Crippen LogP contribution in [0, 0.1) is 5.41 Å². The van der Waals surface area contributed by atoms with E-state index in [1.54, 1.807) is 17.9 Å². The van der Waals surface area contributed by atoms with Crippen LogP contribution in [0.3, 0.4) is 0 Å².